The molecular weight excluding hydrogens is 582 g/mol. The lowest BCUT2D eigenvalue weighted by Crippen LogP contribution is -2.43. The summed E-state index contributed by atoms with van der Waals surface area (Å²) in [5, 5.41) is 11.5. The number of carbonyl (C=O) groups is 2. The summed E-state index contributed by atoms with van der Waals surface area (Å²) in [5.74, 6) is -2.87. The van der Waals surface area contributed by atoms with E-state index in [2.05, 4.69) is 70.6 Å². The Morgan fingerprint density at radius 3 is 2.15 bits per heavy atom. The maximum absolute atomic E-state index is 13.5. The van der Waals surface area contributed by atoms with Crippen LogP contribution < -0.4 is 0 Å². The summed E-state index contributed by atoms with van der Waals surface area (Å²) < 4.78 is 10.8. The summed E-state index contributed by atoms with van der Waals surface area (Å²) in [7, 11) is 1.27. The number of methoxy groups -OCH3 is 1. The van der Waals surface area contributed by atoms with E-state index in [4.69, 9.17) is 9.47 Å². The molecular formula is C37H41N3O6. The molecule has 9 heteroatoms. The summed E-state index contributed by atoms with van der Waals surface area (Å²) in [6.07, 6.45) is 3.61. The monoisotopic (exact) mass is 623 g/mol. The average molecular weight is 624 g/mol. The molecule has 0 N–H and O–H groups in total. The van der Waals surface area contributed by atoms with E-state index >= 15 is 0 Å². The van der Waals surface area contributed by atoms with Gasteiger partial charge in [0.2, 0.25) is 0 Å². The first-order valence-corrected chi connectivity index (χ1v) is 15.8. The Labute approximate surface area is 270 Å². The Kier molecular flexibility index (Phi) is 10.4. The zero-order valence-electron chi connectivity index (χ0n) is 26.7. The Balaban J connectivity index is 1.20. The van der Waals surface area contributed by atoms with Gasteiger partial charge in [-0.3, -0.25) is 19.9 Å². The number of nitro groups is 1. The van der Waals surface area contributed by atoms with E-state index in [-0.39, 0.29) is 23.3 Å². The molecule has 0 amide bonds. The average Bonchev–Trinajstić information content (AvgIpc) is 3.08. The lowest BCUT2D eigenvalue weighted by molar-refractivity contribution is -0.384. The van der Waals surface area contributed by atoms with E-state index in [0.717, 1.165) is 38.9 Å². The van der Waals surface area contributed by atoms with Gasteiger partial charge in [0, 0.05) is 34.9 Å². The fourth-order valence-corrected chi connectivity index (χ4v) is 7.02. The van der Waals surface area contributed by atoms with Crippen LogP contribution in [0.5, 0.6) is 0 Å². The van der Waals surface area contributed by atoms with Crippen LogP contribution in [0.2, 0.25) is 0 Å². The van der Waals surface area contributed by atoms with Gasteiger partial charge >= 0.3 is 11.9 Å². The van der Waals surface area contributed by atoms with Crippen LogP contribution in [0, 0.1) is 16.0 Å². The second-order valence-electron chi connectivity index (χ2n) is 12.1. The lowest BCUT2D eigenvalue weighted by Gasteiger charge is -2.43. The first-order chi connectivity index (χ1) is 22.2. The smallest absolute Gasteiger partial charge is 0.336 e. The number of allylic oxidation sites excluding steroid dienone is 1. The van der Waals surface area contributed by atoms with Crippen LogP contribution in [0.25, 0.3) is 0 Å². The highest BCUT2D eigenvalue weighted by atomic mass is 16.6. The van der Waals surface area contributed by atoms with Crippen LogP contribution >= 0.6 is 0 Å². The van der Waals surface area contributed by atoms with Gasteiger partial charge in [-0.25, -0.2) is 4.79 Å². The summed E-state index contributed by atoms with van der Waals surface area (Å²) in [5.41, 5.74) is 4.16. The van der Waals surface area contributed by atoms with Crippen molar-refractivity contribution in [2.24, 2.45) is 10.9 Å². The van der Waals surface area contributed by atoms with Crippen LogP contribution in [0.3, 0.4) is 0 Å². The third-order valence-electron chi connectivity index (χ3n) is 9.41. The van der Waals surface area contributed by atoms with Crippen molar-refractivity contribution >= 4 is 23.3 Å². The van der Waals surface area contributed by atoms with Gasteiger partial charge in [-0.05, 0) is 75.9 Å². The molecule has 240 valence electrons. The van der Waals surface area contributed by atoms with E-state index in [1.54, 1.807) is 26.0 Å². The molecule has 1 saturated heterocycles. The normalized spacial score (nSPS) is 19.7. The second kappa shape index (κ2) is 14.6. The molecule has 9 nitrogen and oxygen atoms in total. The predicted octanol–water partition coefficient (Wildman–Crippen LogP) is 6.62. The highest BCUT2D eigenvalue weighted by molar-refractivity contribution is 6.07. The number of benzene rings is 3. The number of nitro benzene ring substituents is 1. The molecule has 0 saturated carbocycles. The summed E-state index contributed by atoms with van der Waals surface area (Å²) in [6, 6.07) is 27.6. The Morgan fingerprint density at radius 1 is 0.935 bits per heavy atom. The van der Waals surface area contributed by atoms with Crippen LogP contribution in [0.1, 0.15) is 62.1 Å². The number of aliphatic imine (C=N–C) groups is 1. The number of rotatable bonds is 11. The minimum Gasteiger partial charge on any atom is -0.468 e. The first-order valence-electron chi connectivity index (χ1n) is 15.8. The molecule has 2 aliphatic rings. The first kappa shape index (κ1) is 32.8. The number of unbranched alkanes of at least 4 members (excludes halogenated alkanes) is 1. The number of esters is 2. The molecule has 2 unspecified atom stereocenters. The van der Waals surface area contributed by atoms with E-state index in [0.29, 0.717) is 23.4 Å². The van der Waals surface area contributed by atoms with Gasteiger partial charge in [0.15, 0.2) is 0 Å². The molecule has 0 spiro atoms. The third-order valence-corrected chi connectivity index (χ3v) is 9.41. The van der Waals surface area contributed by atoms with Crippen molar-refractivity contribution in [2.45, 2.75) is 50.9 Å². The maximum atomic E-state index is 13.5. The van der Waals surface area contributed by atoms with Crippen molar-refractivity contribution in [1.29, 1.82) is 0 Å². The van der Waals surface area contributed by atoms with Crippen molar-refractivity contribution < 1.29 is 24.0 Å². The van der Waals surface area contributed by atoms with Crippen LogP contribution in [0.15, 0.2) is 101 Å². The number of non-ortho nitro benzene ring substituents is 1. The van der Waals surface area contributed by atoms with E-state index < -0.39 is 28.7 Å². The third kappa shape index (κ3) is 6.94. The highest BCUT2D eigenvalue weighted by Crippen LogP contribution is 2.42. The quantitative estimate of drug-likeness (QED) is 0.102. The van der Waals surface area contributed by atoms with Crippen LogP contribution in [-0.4, -0.2) is 60.8 Å². The Morgan fingerprint density at radius 2 is 1.57 bits per heavy atom. The number of ether oxygens (including phenoxy) is 2. The zero-order chi connectivity index (χ0) is 32.7. The zero-order valence-corrected chi connectivity index (χ0v) is 26.7. The molecule has 46 heavy (non-hydrogen) atoms. The highest BCUT2D eigenvalue weighted by Gasteiger charge is 2.43. The number of nitrogens with zero attached hydrogens (tertiary/aromatic N) is 3. The van der Waals surface area contributed by atoms with Crippen molar-refractivity contribution in [3.05, 3.63) is 123 Å². The van der Waals surface area contributed by atoms with Crippen molar-refractivity contribution in [1.82, 2.24) is 4.90 Å². The molecule has 3 aromatic carbocycles. The standard InChI is InChI=1S/C37H41N3O6/c1-26-32(35(41)45-3)34(28-13-12-18-31(25-28)40(43)44)33(27(2)38-26)36(42)46-24-11-10-21-39-22-19-37(20-23-39,29-14-6-4-7-15-29)30-16-8-5-9-17-30/h4-9,12-18,25,32,34H,10-11,19-24H2,1-3H3. The largest absolute Gasteiger partial charge is 0.468 e. The summed E-state index contributed by atoms with van der Waals surface area (Å²) in [4.78, 5) is 44.4. The fourth-order valence-electron chi connectivity index (χ4n) is 7.02. The molecule has 2 aliphatic heterocycles. The molecule has 3 aromatic rings. The number of piperidine rings is 1. The molecule has 0 aromatic heterocycles. The molecule has 5 rings (SSSR count). The van der Waals surface area contributed by atoms with Gasteiger partial charge in [-0.15, -0.1) is 0 Å². The molecule has 0 aliphatic carbocycles. The van der Waals surface area contributed by atoms with Gasteiger partial charge in [-0.2, -0.15) is 0 Å². The number of hydrogen-bond donors (Lipinski definition) is 0. The van der Waals surface area contributed by atoms with Crippen molar-refractivity contribution in [3.63, 3.8) is 0 Å². The molecule has 2 atom stereocenters. The second-order valence-corrected chi connectivity index (χ2v) is 12.1. The topological polar surface area (TPSA) is 111 Å². The van der Waals surface area contributed by atoms with E-state index in [1.807, 2.05) is 0 Å². The Bertz CT molecular complexity index is 1570. The minimum atomic E-state index is -0.906. The molecule has 0 bridgehead atoms. The molecule has 0 radical (unpaired) electrons. The maximum Gasteiger partial charge on any atom is 0.336 e. The lowest BCUT2D eigenvalue weighted by atomic mass is 9.68. The van der Waals surface area contributed by atoms with Crippen LogP contribution in [-0.2, 0) is 24.5 Å². The van der Waals surface area contributed by atoms with Gasteiger partial charge in [0.1, 0.15) is 5.92 Å². The van der Waals surface area contributed by atoms with Crippen molar-refractivity contribution in [2.75, 3.05) is 33.4 Å². The fraction of sp³-hybridized carbons (Fsp3) is 0.378. The number of hydrogen-bond acceptors (Lipinski definition) is 8. The van der Waals surface area contributed by atoms with Crippen molar-refractivity contribution in [3.8, 4) is 0 Å². The van der Waals surface area contributed by atoms with Gasteiger partial charge in [0.25, 0.3) is 5.69 Å². The number of carbonyl (C=O) groups excluding carboxylic acids is 2. The van der Waals surface area contributed by atoms with Gasteiger partial charge in [0.05, 0.1) is 24.2 Å². The Hall–Kier alpha value is -4.63. The van der Waals surface area contributed by atoms with Gasteiger partial charge in [-0.1, -0.05) is 72.8 Å². The minimum absolute atomic E-state index is 0.00124. The molecule has 2 heterocycles. The predicted molar refractivity (Wildman–Crippen MR) is 177 cm³/mol. The summed E-state index contributed by atoms with van der Waals surface area (Å²) >= 11 is 0. The van der Waals surface area contributed by atoms with E-state index in [1.165, 1.54) is 30.4 Å². The SMILES string of the molecule is COC(=O)C1C(C)=NC(C)=C(C(=O)OCCCCN2CCC(c3ccccc3)(c3ccccc3)CC2)C1c1cccc([N+](=O)[O-])c1. The van der Waals surface area contributed by atoms with E-state index in [9.17, 15) is 19.7 Å². The summed E-state index contributed by atoms with van der Waals surface area (Å²) in [6.45, 7) is 6.47. The number of likely N-dealkylation sites (tertiary alicyclic amines) is 1. The van der Waals surface area contributed by atoms with Gasteiger partial charge < -0.3 is 14.4 Å². The van der Waals surface area contributed by atoms with Crippen LogP contribution in [0.4, 0.5) is 5.69 Å². The molecule has 1 fully saturated rings.